The lowest BCUT2D eigenvalue weighted by Gasteiger charge is -2.37. The Bertz CT molecular complexity index is 656. The van der Waals surface area contributed by atoms with Crippen LogP contribution in [-0.2, 0) is 28.4 Å². The summed E-state index contributed by atoms with van der Waals surface area (Å²) < 4.78 is 7.16. The van der Waals surface area contributed by atoms with E-state index in [4.69, 9.17) is 4.74 Å². The number of carboxylic acid groups (broad SMARTS) is 1. The molecule has 0 amide bonds. The first-order valence-electron chi connectivity index (χ1n) is 6.35. The van der Waals surface area contributed by atoms with Crippen LogP contribution in [0.1, 0.15) is 18.3 Å². The molecule has 1 saturated heterocycles. The third-order valence-corrected chi connectivity index (χ3v) is 3.95. The van der Waals surface area contributed by atoms with Crippen molar-refractivity contribution < 1.29 is 14.6 Å². The molecule has 0 saturated carbocycles. The van der Waals surface area contributed by atoms with Crippen LogP contribution in [0, 0.1) is 0 Å². The summed E-state index contributed by atoms with van der Waals surface area (Å²) in [5, 5.41) is 9.41. The summed E-state index contributed by atoms with van der Waals surface area (Å²) in [5.74, 6) is 0.172. The molecule has 19 heavy (non-hydrogen) atoms. The van der Waals surface area contributed by atoms with Gasteiger partial charge in [0.15, 0.2) is 0 Å². The van der Waals surface area contributed by atoms with E-state index in [9.17, 15) is 9.90 Å². The molecule has 1 fully saturated rings. The normalized spacial score (nSPS) is 17.4. The first-order valence-corrected chi connectivity index (χ1v) is 6.35. The van der Waals surface area contributed by atoms with Gasteiger partial charge < -0.3 is 14.4 Å². The highest BCUT2D eigenvalue weighted by molar-refractivity contribution is 5.86. The van der Waals surface area contributed by atoms with Crippen LogP contribution in [0.5, 0.6) is 0 Å². The average molecular weight is 260 g/mol. The predicted molar refractivity (Wildman–Crippen MR) is 70.2 cm³/mol. The number of aryl methyl sites for hydroxylation is 2. The van der Waals surface area contributed by atoms with E-state index in [1.54, 1.807) is 0 Å². The van der Waals surface area contributed by atoms with Gasteiger partial charge in [-0.05, 0) is 17.7 Å². The number of nitrogens with zero attached hydrogens (tertiary/aromatic N) is 2. The van der Waals surface area contributed by atoms with Gasteiger partial charge in [-0.15, -0.1) is 0 Å². The van der Waals surface area contributed by atoms with Crippen molar-refractivity contribution in [3.8, 4) is 0 Å². The summed E-state index contributed by atoms with van der Waals surface area (Å²) in [7, 11) is 1.98. The van der Waals surface area contributed by atoms with Crippen molar-refractivity contribution in [2.24, 2.45) is 7.05 Å². The molecular weight excluding hydrogens is 244 g/mol. The maximum absolute atomic E-state index is 11.5. The lowest BCUT2D eigenvalue weighted by Crippen LogP contribution is -2.53. The van der Waals surface area contributed by atoms with Crippen LogP contribution in [0.15, 0.2) is 18.2 Å². The first kappa shape index (κ1) is 12.2. The highest BCUT2D eigenvalue weighted by Crippen LogP contribution is 2.34. The fraction of sp³-hybridized carbons (Fsp3) is 0.429. The van der Waals surface area contributed by atoms with Crippen molar-refractivity contribution in [1.82, 2.24) is 9.55 Å². The highest BCUT2D eigenvalue weighted by Gasteiger charge is 2.48. The van der Waals surface area contributed by atoms with Gasteiger partial charge in [0.1, 0.15) is 11.2 Å². The van der Waals surface area contributed by atoms with Gasteiger partial charge in [-0.3, -0.25) is 4.79 Å². The minimum atomic E-state index is -0.891. The SMILES string of the molecule is CCc1nc2cc(C3(C(=O)O)COC3)ccc2n1C. The molecule has 0 radical (unpaired) electrons. The maximum Gasteiger partial charge on any atom is 0.318 e. The van der Waals surface area contributed by atoms with E-state index in [0.717, 1.165) is 28.8 Å². The number of rotatable bonds is 3. The zero-order valence-electron chi connectivity index (χ0n) is 11.0. The Kier molecular flexibility index (Phi) is 2.60. The Labute approximate surface area is 110 Å². The molecule has 1 N–H and O–H groups in total. The van der Waals surface area contributed by atoms with Crippen LogP contribution < -0.4 is 0 Å². The second-order valence-electron chi connectivity index (χ2n) is 5.02. The first-order chi connectivity index (χ1) is 9.08. The number of ether oxygens (including phenoxy) is 1. The molecule has 5 heteroatoms. The number of carbonyl (C=O) groups is 1. The van der Waals surface area contributed by atoms with Crippen molar-refractivity contribution in [2.75, 3.05) is 13.2 Å². The fourth-order valence-electron chi connectivity index (χ4n) is 2.58. The minimum absolute atomic E-state index is 0.237. The van der Waals surface area contributed by atoms with Gasteiger partial charge in [0.2, 0.25) is 0 Å². The van der Waals surface area contributed by atoms with Crippen LogP contribution in [0.2, 0.25) is 0 Å². The maximum atomic E-state index is 11.5. The van der Waals surface area contributed by atoms with E-state index in [-0.39, 0.29) is 13.2 Å². The molecule has 3 rings (SSSR count). The quantitative estimate of drug-likeness (QED) is 0.908. The van der Waals surface area contributed by atoms with E-state index in [2.05, 4.69) is 11.9 Å². The molecule has 5 nitrogen and oxygen atoms in total. The zero-order valence-corrected chi connectivity index (χ0v) is 11.0. The number of aliphatic carboxylic acids is 1. The van der Waals surface area contributed by atoms with E-state index in [1.165, 1.54) is 0 Å². The molecule has 2 heterocycles. The third kappa shape index (κ3) is 1.58. The van der Waals surface area contributed by atoms with Crippen molar-refractivity contribution >= 4 is 17.0 Å². The molecule has 1 aliphatic heterocycles. The number of carboxylic acids is 1. The second-order valence-corrected chi connectivity index (χ2v) is 5.02. The fourth-order valence-corrected chi connectivity index (χ4v) is 2.58. The van der Waals surface area contributed by atoms with Crippen LogP contribution in [0.4, 0.5) is 0 Å². The van der Waals surface area contributed by atoms with E-state index < -0.39 is 11.4 Å². The smallest absolute Gasteiger partial charge is 0.318 e. The molecule has 1 aromatic heterocycles. The molecule has 0 unspecified atom stereocenters. The van der Waals surface area contributed by atoms with Crippen LogP contribution in [-0.4, -0.2) is 33.8 Å². The molecule has 0 aliphatic carbocycles. The van der Waals surface area contributed by atoms with Crippen molar-refractivity contribution in [3.63, 3.8) is 0 Å². The Morgan fingerprint density at radius 3 is 2.79 bits per heavy atom. The van der Waals surface area contributed by atoms with Crippen molar-refractivity contribution in [3.05, 3.63) is 29.6 Å². The summed E-state index contributed by atoms with van der Waals surface area (Å²) >= 11 is 0. The van der Waals surface area contributed by atoms with Gasteiger partial charge in [-0.1, -0.05) is 13.0 Å². The van der Waals surface area contributed by atoms with E-state index >= 15 is 0 Å². The van der Waals surface area contributed by atoms with Gasteiger partial charge in [-0.25, -0.2) is 4.98 Å². The van der Waals surface area contributed by atoms with Crippen LogP contribution >= 0.6 is 0 Å². The molecule has 2 aromatic rings. The molecule has 100 valence electrons. The third-order valence-electron chi connectivity index (χ3n) is 3.95. The van der Waals surface area contributed by atoms with Crippen molar-refractivity contribution in [1.29, 1.82) is 0 Å². The Morgan fingerprint density at radius 1 is 1.53 bits per heavy atom. The summed E-state index contributed by atoms with van der Waals surface area (Å²) in [6, 6.07) is 5.70. The lowest BCUT2D eigenvalue weighted by atomic mass is 9.78. The van der Waals surface area contributed by atoms with Gasteiger partial charge in [0, 0.05) is 13.5 Å². The van der Waals surface area contributed by atoms with Gasteiger partial charge >= 0.3 is 5.97 Å². The Hall–Kier alpha value is -1.88. The number of benzene rings is 1. The molecule has 0 bridgehead atoms. The number of aromatic nitrogens is 2. The Balaban J connectivity index is 2.14. The lowest BCUT2D eigenvalue weighted by molar-refractivity contribution is -0.163. The van der Waals surface area contributed by atoms with E-state index in [1.807, 2.05) is 29.8 Å². The number of hydrogen-bond donors (Lipinski definition) is 1. The largest absolute Gasteiger partial charge is 0.480 e. The molecule has 0 spiro atoms. The standard InChI is InChI=1S/C14H16N2O3/c1-3-12-15-10-6-9(4-5-11(10)16(12)2)14(13(17)18)7-19-8-14/h4-6H,3,7-8H2,1-2H3,(H,17,18). The highest BCUT2D eigenvalue weighted by atomic mass is 16.5. The zero-order chi connectivity index (χ0) is 13.6. The van der Waals surface area contributed by atoms with Crippen molar-refractivity contribution in [2.45, 2.75) is 18.8 Å². The molecule has 1 aromatic carbocycles. The van der Waals surface area contributed by atoms with E-state index in [0.29, 0.717) is 0 Å². The van der Waals surface area contributed by atoms with Gasteiger partial charge in [0.25, 0.3) is 0 Å². The number of imidazole rings is 1. The topological polar surface area (TPSA) is 64.3 Å². The van der Waals surface area contributed by atoms with Gasteiger partial charge in [-0.2, -0.15) is 0 Å². The molecule has 1 aliphatic rings. The van der Waals surface area contributed by atoms with Gasteiger partial charge in [0.05, 0.1) is 24.2 Å². The van der Waals surface area contributed by atoms with Crippen LogP contribution in [0.3, 0.4) is 0 Å². The number of hydrogen-bond acceptors (Lipinski definition) is 3. The summed E-state index contributed by atoms with van der Waals surface area (Å²) in [4.78, 5) is 16.0. The summed E-state index contributed by atoms with van der Waals surface area (Å²) in [5.41, 5.74) is 1.77. The monoisotopic (exact) mass is 260 g/mol. The minimum Gasteiger partial charge on any atom is -0.480 e. The molecule has 0 atom stereocenters. The Morgan fingerprint density at radius 2 is 2.26 bits per heavy atom. The predicted octanol–water partition coefficient (Wildman–Crippen LogP) is 1.49. The second kappa shape index (κ2) is 4.06. The average Bonchev–Trinajstić information content (AvgIpc) is 2.64. The van der Waals surface area contributed by atoms with Crippen LogP contribution in [0.25, 0.3) is 11.0 Å². The molecular formula is C14H16N2O3. The number of fused-ring (bicyclic) bond motifs is 1. The summed E-state index contributed by atoms with van der Waals surface area (Å²) in [6.45, 7) is 2.53. The summed E-state index contributed by atoms with van der Waals surface area (Å²) in [6.07, 6.45) is 0.855.